The van der Waals surface area contributed by atoms with Gasteiger partial charge >= 0.3 is 0 Å². The van der Waals surface area contributed by atoms with Crippen LogP contribution in [0.1, 0.15) is 33.3 Å². The van der Waals surface area contributed by atoms with E-state index in [-0.39, 0.29) is 18.3 Å². The second-order valence-electron chi connectivity index (χ2n) is 6.21. The van der Waals surface area contributed by atoms with Gasteiger partial charge in [-0.15, -0.1) is 11.3 Å². The Morgan fingerprint density at radius 2 is 1.78 bits per heavy atom. The fourth-order valence-corrected chi connectivity index (χ4v) is 3.31. The summed E-state index contributed by atoms with van der Waals surface area (Å²) in [6, 6.07) is 15.1. The van der Waals surface area contributed by atoms with E-state index in [1.807, 2.05) is 0 Å². The number of hydrogen-bond donors (Lipinski definition) is 1. The van der Waals surface area contributed by atoms with E-state index in [0.717, 1.165) is 11.3 Å². The van der Waals surface area contributed by atoms with Crippen molar-refractivity contribution in [1.29, 1.82) is 0 Å². The quantitative estimate of drug-likeness (QED) is 0.622. The molecule has 1 amide bonds. The molecule has 1 aromatic heterocycles. The van der Waals surface area contributed by atoms with Crippen molar-refractivity contribution in [1.82, 2.24) is 4.98 Å². The van der Waals surface area contributed by atoms with Crippen LogP contribution in [0.25, 0.3) is 0 Å². The van der Waals surface area contributed by atoms with Crippen LogP contribution in [0.2, 0.25) is 0 Å². The number of ketones is 1. The second-order valence-corrected chi connectivity index (χ2v) is 7.33. The molecule has 1 heterocycles. The Kier molecular flexibility index (Phi) is 5.98. The van der Waals surface area contributed by atoms with Crippen LogP contribution in [0.5, 0.6) is 5.75 Å². The number of aryl methyl sites for hydroxylation is 1. The highest BCUT2D eigenvalue weighted by molar-refractivity contribution is 7.15. The molecule has 5 nitrogen and oxygen atoms in total. The van der Waals surface area contributed by atoms with Crippen LogP contribution in [0.3, 0.4) is 0 Å². The van der Waals surface area contributed by atoms with Crippen LogP contribution < -0.4 is 10.1 Å². The number of ether oxygens (including phenoxy) is 1. The average molecular weight is 380 g/mol. The Balaban J connectivity index is 1.50. The zero-order chi connectivity index (χ0) is 19.2. The molecule has 27 heavy (non-hydrogen) atoms. The molecule has 0 atom stereocenters. The van der Waals surface area contributed by atoms with E-state index in [4.69, 9.17) is 4.74 Å². The van der Waals surface area contributed by atoms with E-state index in [1.54, 1.807) is 30.5 Å². The molecule has 6 heteroatoms. The van der Waals surface area contributed by atoms with Gasteiger partial charge in [0.1, 0.15) is 5.75 Å². The molecule has 0 saturated heterocycles. The van der Waals surface area contributed by atoms with Gasteiger partial charge in [-0.1, -0.05) is 29.8 Å². The predicted molar refractivity (Wildman–Crippen MR) is 107 cm³/mol. The first-order valence-corrected chi connectivity index (χ1v) is 9.35. The minimum Gasteiger partial charge on any atom is -0.484 e. The SMILES string of the molecule is CC(=O)c1ccc(OCC(=O)Nc2ncc(Cc3ccc(C)cc3)s2)cc1. The fraction of sp³-hybridized carbons (Fsp3) is 0.190. The Hall–Kier alpha value is -2.99. The molecule has 0 fully saturated rings. The number of aromatic nitrogens is 1. The van der Waals surface area contributed by atoms with Crippen molar-refractivity contribution >= 4 is 28.2 Å². The van der Waals surface area contributed by atoms with Gasteiger partial charge in [-0.25, -0.2) is 4.98 Å². The first kappa shape index (κ1) is 18.8. The summed E-state index contributed by atoms with van der Waals surface area (Å²) in [4.78, 5) is 28.6. The lowest BCUT2D eigenvalue weighted by Crippen LogP contribution is -2.20. The smallest absolute Gasteiger partial charge is 0.264 e. The molecule has 138 valence electrons. The molecule has 0 radical (unpaired) electrons. The van der Waals surface area contributed by atoms with E-state index >= 15 is 0 Å². The number of benzene rings is 2. The van der Waals surface area contributed by atoms with Crippen molar-refractivity contribution in [3.63, 3.8) is 0 Å². The molecule has 0 bridgehead atoms. The van der Waals surface area contributed by atoms with E-state index in [9.17, 15) is 9.59 Å². The molecule has 1 N–H and O–H groups in total. The zero-order valence-electron chi connectivity index (χ0n) is 15.2. The average Bonchev–Trinajstić information content (AvgIpc) is 3.09. The van der Waals surface area contributed by atoms with Gasteiger partial charge < -0.3 is 4.74 Å². The number of rotatable bonds is 7. The van der Waals surface area contributed by atoms with Crippen molar-refractivity contribution in [3.8, 4) is 5.75 Å². The van der Waals surface area contributed by atoms with Gasteiger partial charge in [0.25, 0.3) is 5.91 Å². The monoisotopic (exact) mass is 380 g/mol. The lowest BCUT2D eigenvalue weighted by molar-refractivity contribution is -0.118. The van der Waals surface area contributed by atoms with E-state index < -0.39 is 0 Å². The van der Waals surface area contributed by atoms with Gasteiger partial charge in [0.05, 0.1) is 0 Å². The highest BCUT2D eigenvalue weighted by Crippen LogP contribution is 2.21. The summed E-state index contributed by atoms with van der Waals surface area (Å²) in [6.07, 6.45) is 2.56. The Bertz CT molecular complexity index is 931. The molecule has 0 spiro atoms. The number of anilines is 1. The van der Waals surface area contributed by atoms with Crippen LogP contribution >= 0.6 is 11.3 Å². The van der Waals surface area contributed by atoms with Gasteiger partial charge in [-0.2, -0.15) is 0 Å². The maximum absolute atomic E-state index is 12.0. The molecule has 0 aliphatic heterocycles. The summed E-state index contributed by atoms with van der Waals surface area (Å²) in [5.41, 5.74) is 3.04. The number of amides is 1. The number of nitrogens with zero attached hydrogens (tertiary/aromatic N) is 1. The fourth-order valence-electron chi connectivity index (χ4n) is 2.44. The van der Waals surface area contributed by atoms with Crippen molar-refractivity contribution in [3.05, 3.63) is 76.3 Å². The molecule has 0 saturated carbocycles. The van der Waals surface area contributed by atoms with Crippen LogP contribution in [0.4, 0.5) is 5.13 Å². The summed E-state index contributed by atoms with van der Waals surface area (Å²) in [5, 5.41) is 3.30. The summed E-state index contributed by atoms with van der Waals surface area (Å²) >= 11 is 1.45. The Labute approximate surface area is 162 Å². The number of nitrogens with one attached hydrogen (secondary N) is 1. The molecule has 0 unspecified atom stereocenters. The van der Waals surface area contributed by atoms with E-state index in [1.165, 1.54) is 29.4 Å². The number of carbonyl (C=O) groups excluding carboxylic acids is 2. The number of carbonyl (C=O) groups is 2. The van der Waals surface area contributed by atoms with Crippen LogP contribution in [0, 0.1) is 6.92 Å². The molecule has 2 aromatic carbocycles. The van der Waals surface area contributed by atoms with Crippen molar-refractivity contribution < 1.29 is 14.3 Å². The maximum Gasteiger partial charge on any atom is 0.264 e. The second kappa shape index (κ2) is 8.60. The molecule has 3 aromatic rings. The van der Waals surface area contributed by atoms with Gasteiger partial charge in [0, 0.05) is 23.1 Å². The lowest BCUT2D eigenvalue weighted by atomic mass is 10.1. The predicted octanol–water partition coefficient (Wildman–Crippen LogP) is 4.26. The van der Waals surface area contributed by atoms with Crippen LogP contribution in [-0.4, -0.2) is 23.3 Å². The molecule has 0 aliphatic carbocycles. The zero-order valence-corrected chi connectivity index (χ0v) is 16.0. The third-order valence-corrected chi connectivity index (χ3v) is 4.84. The van der Waals surface area contributed by atoms with Crippen molar-refractivity contribution in [2.45, 2.75) is 20.3 Å². The number of thiazole rings is 1. The van der Waals surface area contributed by atoms with Crippen LogP contribution in [-0.2, 0) is 11.2 Å². The Morgan fingerprint density at radius 1 is 1.07 bits per heavy atom. The normalized spacial score (nSPS) is 10.4. The summed E-state index contributed by atoms with van der Waals surface area (Å²) in [6.45, 7) is 3.45. The maximum atomic E-state index is 12.0. The molecular weight excluding hydrogens is 360 g/mol. The minimum absolute atomic E-state index is 0.00972. The third kappa shape index (κ3) is 5.49. The molecule has 0 aliphatic rings. The van der Waals surface area contributed by atoms with E-state index in [2.05, 4.69) is 41.5 Å². The third-order valence-electron chi connectivity index (χ3n) is 3.93. The highest BCUT2D eigenvalue weighted by Gasteiger charge is 2.09. The van der Waals surface area contributed by atoms with Crippen LogP contribution in [0.15, 0.2) is 54.7 Å². The standard InChI is InChI=1S/C21H20N2O3S/c1-14-3-5-16(6-4-14)11-19-12-22-21(27-19)23-20(25)13-26-18-9-7-17(8-10-18)15(2)24/h3-10,12H,11,13H2,1-2H3,(H,22,23,25). The highest BCUT2D eigenvalue weighted by atomic mass is 32.1. The van der Waals surface area contributed by atoms with Crippen molar-refractivity contribution in [2.75, 3.05) is 11.9 Å². The topological polar surface area (TPSA) is 68.3 Å². The first-order valence-electron chi connectivity index (χ1n) is 8.53. The number of Topliss-reactive ketones (excluding diaryl/α,β-unsaturated/α-hetero) is 1. The first-order chi connectivity index (χ1) is 13.0. The Morgan fingerprint density at radius 3 is 2.44 bits per heavy atom. The number of hydrogen-bond acceptors (Lipinski definition) is 5. The summed E-state index contributed by atoms with van der Waals surface area (Å²) in [7, 11) is 0. The molecular formula is C21H20N2O3S. The van der Waals surface area contributed by atoms with E-state index in [0.29, 0.717) is 16.4 Å². The largest absolute Gasteiger partial charge is 0.484 e. The lowest BCUT2D eigenvalue weighted by Gasteiger charge is -2.06. The summed E-state index contributed by atoms with van der Waals surface area (Å²) < 4.78 is 5.44. The summed E-state index contributed by atoms with van der Waals surface area (Å²) in [5.74, 6) is 0.251. The van der Waals surface area contributed by atoms with Gasteiger partial charge in [-0.05, 0) is 43.7 Å². The molecule has 3 rings (SSSR count). The van der Waals surface area contributed by atoms with Gasteiger partial charge in [-0.3, -0.25) is 14.9 Å². The van der Waals surface area contributed by atoms with Gasteiger partial charge in [0.2, 0.25) is 0 Å². The minimum atomic E-state index is -0.276. The van der Waals surface area contributed by atoms with Gasteiger partial charge in [0.15, 0.2) is 17.5 Å². The van der Waals surface area contributed by atoms with Crippen molar-refractivity contribution in [2.24, 2.45) is 0 Å².